The van der Waals surface area contributed by atoms with Crippen LogP contribution in [0.2, 0.25) is 0 Å². The molecular formula is C35H29N3O5S2. The number of nitrogens with zero attached hydrogens (tertiary/aromatic N) is 3. The maximum atomic E-state index is 13.6. The molecule has 226 valence electrons. The van der Waals surface area contributed by atoms with Crippen molar-refractivity contribution in [1.82, 2.24) is 10.2 Å². The fraction of sp³-hybridized carbons (Fsp3) is 0.143. The van der Waals surface area contributed by atoms with Crippen LogP contribution >= 0.6 is 23.1 Å². The third kappa shape index (κ3) is 6.47. The SMILES string of the molecule is COc1ccc(C2/C(=C(\O)c3ccc(OCc4ccccc4C)cc3)C(=O)C(=O)N2c2nnc(SCc3ccccc3)s2)cc1. The van der Waals surface area contributed by atoms with Gasteiger partial charge in [-0.3, -0.25) is 14.5 Å². The zero-order valence-corrected chi connectivity index (χ0v) is 26.2. The van der Waals surface area contributed by atoms with E-state index in [1.54, 1.807) is 55.6 Å². The van der Waals surface area contributed by atoms with E-state index in [-0.39, 0.29) is 16.5 Å². The standard InChI is InChI=1S/C35H29N3O5S2/c1-22-8-6-7-11-26(22)20-43-28-18-14-25(15-19-28)31(39)29-30(24-12-16-27(42-2)17-13-24)38(33(41)32(29)40)34-36-37-35(45-34)44-21-23-9-4-3-5-10-23/h3-19,30,39H,20-21H2,1-2H3/b31-29+. The van der Waals surface area contributed by atoms with Crippen LogP contribution < -0.4 is 14.4 Å². The summed E-state index contributed by atoms with van der Waals surface area (Å²) in [5.74, 6) is 0.0308. The number of ketones is 1. The molecular weight excluding hydrogens is 607 g/mol. The first-order valence-electron chi connectivity index (χ1n) is 14.2. The fourth-order valence-corrected chi connectivity index (χ4v) is 6.83. The van der Waals surface area contributed by atoms with Crippen LogP contribution in [0, 0.1) is 6.92 Å². The van der Waals surface area contributed by atoms with Gasteiger partial charge in [-0.05, 0) is 65.6 Å². The number of amides is 1. The van der Waals surface area contributed by atoms with Gasteiger partial charge in [-0.15, -0.1) is 10.2 Å². The lowest BCUT2D eigenvalue weighted by Crippen LogP contribution is -2.29. The largest absolute Gasteiger partial charge is 0.507 e. The van der Waals surface area contributed by atoms with E-state index in [0.717, 1.165) is 16.7 Å². The topological polar surface area (TPSA) is 102 Å². The van der Waals surface area contributed by atoms with Gasteiger partial charge in [-0.1, -0.05) is 89.8 Å². The molecule has 1 N–H and O–H groups in total. The summed E-state index contributed by atoms with van der Waals surface area (Å²) in [4.78, 5) is 28.5. The van der Waals surface area contributed by atoms with Gasteiger partial charge in [0.05, 0.1) is 18.7 Å². The first kappa shape index (κ1) is 30.1. The van der Waals surface area contributed by atoms with E-state index in [1.807, 2.05) is 61.5 Å². The van der Waals surface area contributed by atoms with Crippen molar-refractivity contribution in [2.24, 2.45) is 0 Å². The van der Waals surface area contributed by atoms with Crippen LogP contribution in [0.5, 0.6) is 11.5 Å². The van der Waals surface area contributed by atoms with Crippen molar-refractivity contribution in [3.05, 3.63) is 137 Å². The second-order valence-corrected chi connectivity index (χ2v) is 12.5. The highest BCUT2D eigenvalue weighted by Crippen LogP contribution is 2.44. The van der Waals surface area contributed by atoms with Crippen molar-refractivity contribution in [1.29, 1.82) is 0 Å². The Morgan fingerprint density at radius 2 is 1.58 bits per heavy atom. The van der Waals surface area contributed by atoms with Crippen molar-refractivity contribution in [3.8, 4) is 11.5 Å². The molecule has 6 rings (SSSR count). The lowest BCUT2D eigenvalue weighted by molar-refractivity contribution is -0.132. The minimum absolute atomic E-state index is 0.0348. The zero-order chi connectivity index (χ0) is 31.3. The Labute approximate surface area is 269 Å². The molecule has 0 bridgehead atoms. The average molecular weight is 636 g/mol. The summed E-state index contributed by atoms with van der Waals surface area (Å²) in [5, 5.41) is 20.4. The number of hydrogen-bond donors (Lipinski definition) is 1. The first-order valence-corrected chi connectivity index (χ1v) is 16.0. The van der Waals surface area contributed by atoms with Crippen molar-refractivity contribution in [2.45, 2.75) is 29.7 Å². The first-order chi connectivity index (χ1) is 21.9. The molecule has 5 aromatic rings. The molecule has 10 heteroatoms. The summed E-state index contributed by atoms with van der Waals surface area (Å²) in [7, 11) is 1.56. The number of methoxy groups -OCH3 is 1. The van der Waals surface area contributed by atoms with Gasteiger partial charge in [0.2, 0.25) is 5.13 Å². The van der Waals surface area contributed by atoms with Crippen molar-refractivity contribution < 1.29 is 24.2 Å². The molecule has 1 saturated heterocycles. The highest BCUT2D eigenvalue weighted by Gasteiger charge is 2.48. The number of anilines is 1. The van der Waals surface area contributed by atoms with Gasteiger partial charge in [-0.25, -0.2) is 0 Å². The molecule has 2 heterocycles. The van der Waals surface area contributed by atoms with Crippen LogP contribution in [0.25, 0.3) is 5.76 Å². The maximum Gasteiger partial charge on any atom is 0.301 e. The Kier molecular flexibility index (Phi) is 8.95. The molecule has 1 aliphatic rings. The van der Waals surface area contributed by atoms with E-state index < -0.39 is 17.7 Å². The normalized spacial score (nSPS) is 15.8. The fourth-order valence-electron chi connectivity index (χ4n) is 5.01. The number of aromatic nitrogens is 2. The number of carbonyl (C=O) groups excluding carboxylic acids is 2. The monoisotopic (exact) mass is 635 g/mol. The third-order valence-corrected chi connectivity index (χ3v) is 9.59. The van der Waals surface area contributed by atoms with E-state index in [1.165, 1.54) is 28.0 Å². The lowest BCUT2D eigenvalue weighted by Gasteiger charge is -2.22. The van der Waals surface area contributed by atoms with E-state index in [4.69, 9.17) is 9.47 Å². The number of aryl methyl sites for hydroxylation is 1. The highest BCUT2D eigenvalue weighted by molar-refractivity contribution is 8.00. The van der Waals surface area contributed by atoms with Gasteiger partial charge in [0.25, 0.3) is 5.78 Å². The number of Topliss-reactive ketones (excluding diaryl/α,β-unsaturated/α-hetero) is 1. The molecule has 45 heavy (non-hydrogen) atoms. The van der Waals surface area contributed by atoms with E-state index in [2.05, 4.69) is 10.2 Å². The number of aliphatic hydroxyl groups excluding tert-OH is 1. The summed E-state index contributed by atoms with van der Waals surface area (Å²) in [6.45, 7) is 2.43. The van der Waals surface area contributed by atoms with Gasteiger partial charge in [0.15, 0.2) is 4.34 Å². The molecule has 0 radical (unpaired) electrons. The van der Waals surface area contributed by atoms with Crippen LogP contribution in [-0.2, 0) is 21.9 Å². The number of ether oxygens (including phenoxy) is 2. The molecule has 1 fully saturated rings. The zero-order valence-electron chi connectivity index (χ0n) is 24.5. The van der Waals surface area contributed by atoms with E-state index >= 15 is 0 Å². The van der Waals surface area contributed by atoms with Crippen molar-refractivity contribution >= 4 is 45.7 Å². The Morgan fingerprint density at radius 3 is 2.29 bits per heavy atom. The molecule has 1 unspecified atom stereocenters. The van der Waals surface area contributed by atoms with Crippen LogP contribution in [0.4, 0.5) is 5.13 Å². The predicted octanol–water partition coefficient (Wildman–Crippen LogP) is 7.35. The summed E-state index contributed by atoms with van der Waals surface area (Å²) >= 11 is 2.72. The van der Waals surface area contributed by atoms with E-state index in [9.17, 15) is 14.7 Å². The molecule has 8 nitrogen and oxygen atoms in total. The van der Waals surface area contributed by atoms with Crippen molar-refractivity contribution in [3.63, 3.8) is 0 Å². The third-order valence-electron chi connectivity index (χ3n) is 7.47. The molecule has 0 saturated carbocycles. The molecule has 0 spiro atoms. The summed E-state index contributed by atoms with van der Waals surface area (Å²) in [6.07, 6.45) is 0. The molecule has 1 aromatic heterocycles. The van der Waals surface area contributed by atoms with Crippen molar-refractivity contribution in [2.75, 3.05) is 12.0 Å². The molecule has 1 aliphatic heterocycles. The number of carbonyl (C=O) groups is 2. The smallest absolute Gasteiger partial charge is 0.301 e. The second-order valence-electron chi connectivity index (χ2n) is 10.3. The van der Waals surface area contributed by atoms with Gasteiger partial charge < -0.3 is 14.6 Å². The van der Waals surface area contributed by atoms with Gasteiger partial charge in [0, 0.05) is 11.3 Å². The van der Waals surface area contributed by atoms with Gasteiger partial charge in [-0.2, -0.15) is 0 Å². The molecule has 4 aromatic carbocycles. The number of benzene rings is 4. The molecule has 1 atom stereocenters. The number of rotatable bonds is 10. The minimum atomic E-state index is -0.923. The Hall–Kier alpha value is -4.93. The highest BCUT2D eigenvalue weighted by atomic mass is 32.2. The van der Waals surface area contributed by atoms with E-state index in [0.29, 0.717) is 39.3 Å². The quantitative estimate of drug-likeness (QED) is 0.0559. The van der Waals surface area contributed by atoms with Gasteiger partial charge >= 0.3 is 5.91 Å². The van der Waals surface area contributed by atoms with Crippen LogP contribution in [0.15, 0.2) is 113 Å². The summed E-state index contributed by atoms with van der Waals surface area (Å²) in [5.41, 5.74) is 4.29. The number of aliphatic hydroxyl groups is 1. The molecule has 0 aliphatic carbocycles. The van der Waals surface area contributed by atoms with Gasteiger partial charge in [0.1, 0.15) is 23.9 Å². The van der Waals surface area contributed by atoms with Crippen LogP contribution in [-0.4, -0.2) is 34.1 Å². The second kappa shape index (κ2) is 13.4. The Morgan fingerprint density at radius 1 is 0.889 bits per heavy atom. The number of hydrogen-bond acceptors (Lipinski definition) is 9. The minimum Gasteiger partial charge on any atom is -0.507 e. The summed E-state index contributed by atoms with van der Waals surface area (Å²) in [6, 6.07) is 30.9. The average Bonchev–Trinajstić information content (AvgIpc) is 3.65. The Balaban J connectivity index is 1.31. The predicted molar refractivity (Wildman–Crippen MR) is 176 cm³/mol. The van der Waals surface area contributed by atoms with Crippen LogP contribution in [0.3, 0.4) is 0 Å². The number of thioether (sulfide) groups is 1. The lowest BCUT2D eigenvalue weighted by atomic mass is 9.95. The Bertz CT molecular complexity index is 1850. The van der Waals surface area contributed by atoms with Crippen LogP contribution in [0.1, 0.15) is 33.9 Å². The summed E-state index contributed by atoms with van der Waals surface area (Å²) < 4.78 is 11.9. The molecule has 1 amide bonds. The maximum absolute atomic E-state index is 13.6.